The Morgan fingerprint density at radius 2 is 2.15 bits per heavy atom. The lowest BCUT2D eigenvalue weighted by Crippen LogP contribution is -2.08. The van der Waals surface area contributed by atoms with Crippen molar-refractivity contribution in [2.45, 2.75) is 42.6 Å². The van der Waals surface area contributed by atoms with Crippen LogP contribution in [-0.4, -0.2) is 20.2 Å². The molecule has 0 amide bonds. The van der Waals surface area contributed by atoms with Crippen molar-refractivity contribution in [1.29, 1.82) is 0 Å². The summed E-state index contributed by atoms with van der Waals surface area (Å²) in [6, 6.07) is 6.51. The highest BCUT2D eigenvalue weighted by Crippen LogP contribution is 2.32. The number of thioether (sulfide) groups is 1. The summed E-state index contributed by atoms with van der Waals surface area (Å²) in [6.45, 7) is 0. The number of nitrogens with two attached hydrogens (primary N) is 1. The molecule has 0 spiro atoms. The van der Waals surface area contributed by atoms with Gasteiger partial charge in [0.15, 0.2) is 0 Å². The van der Waals surface area contributed by atoms with Gasteiger partial charge in [-0.3, -0.25) is 0 Å². The summed E-state index contributed by atoms with van der Waals surface area (Å²) in [5.41, 5.74) is 7.84. The van der Waals surface area contributed by atoms with E-state index in [0.29, 0.717) is 6.04 Å². The lowest BCUT2D eigenvalue weighted by molar-refractivity contribution is 0.423. The zero-order chi connectivity index (χ0) is 13.9. The molecule has 1 heterocycles. The lowest BCUT2D eigenvalue weighted by atomic mass is 10.2. The van der Waals surface area contributed by atoms with Crippen LogP contribution in [0.1, 0.15) is 37.3 Å². The van der Waals surface area contributed by atoms with Gasteiger partial charge >= 0.3 is 0 Å². The number of hydrogen-bond acceptors (Lipinski definition) is 5. The molecule has 1 aromatic carbocycles. The highest BCUT2D eigenvalue weighted by Gasteiger charge is 2.21. The van der Waals surface area contributed by atoms with Gasteiger partial charge in [-0.25, -0.2) is 4.68 Å². The van der Waals surface area contributed by atoms with E-state index in [9.17, 15) is 0 Å². The maximum absolute atomic E-state index is 5.90. The Morgan fingerprint density at radius 1 is 1.35 bits per heavy atom. The summed E-state index contributed by atoms with van der Waals surface area (Å²) >= 11 is 5.07. The summed E-state index contributed by atoms with van der Waals surface area (Å²) in [5, 5.41) is 13.0. The molecule has 0 radical (unpaired) electrons. The third kappa shape index (κ3) is 2.98. The minimum atomic E-state index is 0.475. The molecule has 0 atom stereocenters. The van der Waals surface area contributed by atoms with E-state index in [1.54, 1.807) is 11.8 Å². The van der Waals surface area contributed by atoms with Gasteiger partial charge in [0, 0.05) is 15.9 Å². The lowest BCUT2D eigenvalue weighted by Gasteiger charge is -2.10. The van der Waals surface area contributed by atoms with Crippen molar-refractivity contribution >= 4 is 33.4 Å². The van der Waals surface area contributed by atoms with Gasteiger partial charge in [-0.1, -0.05) is 30.7 Å². The fourth-order valence-electron chi connectivity index (χ4n) is 2.49. The van der Waals surface area contributed by atoms with Crippen LogP contribution >= 0.6 is 27.7 Å². The molecule has 20 heavy (non-hydrogen) atoms. The number of tetrazole rings is 1. The van der Waals surface area contributed by atoms with Crippen LogP contribution in [0.15, 0.2) is 27.8 Å². The largest absolute Gasteiger partial charge is 0.398 e. The smallest absolute Gasteiger partial charge is 0.209 e. The summed E-state index contributed by atoms with van der Waals surface area (Å²) in [4.78, 5) is 0. The maximum atomic E-state index is 5.90. The molecular formula is C13H16BrN5S. The van der Waals surface area contributed by atoms with Gasteiger partial charge in [0.05, 0.1) is 6.04 Å². The summed E-state index contributed by atoms with van der Waals surface area (Å²) in [7, 11) is 0. The van der Waals surface area contributed by atoms with Crippen molar-refractivity contribution in [3.63, 3.8) is 0 Å². The Kier molecular flexibility index (Phi) is 4.26. The van der Waals surface area contributed by atoms with Crippen LogP contribution in [0.2, 0.25) is 0 Å². The van der Waals surface area contributed by atoms with E-state index in [2.05, 4.69) is 37.5 Å². The van der Waals surface area contributed by atoms with Gasteiger partial charge in [-0.15, -0.1) is 5.10 Å². The second-order valence-corrected chi connectivity index (χ2v) is 6.79. The van der Waals surface area contributed by atoms with E-state index in [0.717, 1.165) is 21.1 Å². The molecule has 1 saturated carbocycles. The second kappa shape index (κ2) is 6.13. The van der Waals surface area contributed by atoms with Crippen LogP contribution in [0, 0.1) is 0 Å². The summed E-state index contributed by atoms with van der Waals surface area (Å²) < 4.78 is 2.92. The zero-order valence-electron chi connectivity index (χ0n) is 11.0. The fraction of sp³-hybridized carbons (Fsp3) is 0.462. The number of hydrogen-bond donors (Lipinski definition) is 1. The predicted octanol–water partition coefficient (Wildman–Crippen LogP) is 3.43. The molecule has 0 saturated heterocycles. The first-order valence-corrected chi connectivity index (χ1v) is 8.46. The molecule has 106 valence electrons. The van der Waals surface area contributed by atoms with E-state index >= 15 is 0 Å². The Morgan fingerprint density at radius 3 is 2.90 bits per heavy atom. The molecular weight excluding hydrogens is 338 g/mol. The topological polar surface area (TPSA) is 69.6 Å². The Balaban J connectivity index is 1.69. The van der Waals surface area contributed by atoms with Gasteiger partial charge < -0.3 is 5.73 Å². The molecule has 2 N–H and O–H groups in total. The Bertz CT molecular complexity index is 594. The van der Waals surface area contributed by atoms with Crippen molar-refractivity contribution in [2.75, 3.05) is 5.73 Å². The second-order valence-electron chi connectivity index (χ2n) is 4.99. The normalized spacial score (nSPS) is 15.8. The van der Waals surface area contributed by atoms with Crippen LogP contribution in [0.4, 0.5) is 5.69 Å². The SMILES string of the molecule is Nc1cc(CSc2nnnn2C2CCCC2)ccc1Br. The predicted molar refractivity (Wildman–Crippen MR) is 83.4 cm³/mol. The number of halogens is 1. The van der Waals surface area contributed by atoms with Gasteiger partial charge in [0.1, 0.15) is 0 Å². The quantitative estimate of drug-likeness (QED) is 0.673. The molecule has 0 unspecified atom stereocenters. The Labute approximate surface area is 130 Å². The number of anilines is 1. The van der Waals surface area contributed by atoms with Gasteiger partial charge in [0.25, 0.3) is 0 Å². The number of nitrogens with zero attached hydrogens (tertiary/aromatic N) is 4. The van der Waals surface area contributed by atoms with Crippen molar-refractivity contribution in [2.24, 2.45) is 0 Å². The van der Waals surface area contributed by atoms with E-state index in [1.165, 1.54) is 31.2 Å². The minimum absolute atomic E-state index is 0.475. The van der Waals surface area contributed by atoms with Gasteiger partial charge in [-0.2, -0.15) is 0 Å². The monoisotopic (exact) mass is 353 g/mol. The highest BCUT2D eigenvalue weighted by molar-refractivity contribution is 9.10. The first kappa shape index (κ1) is 13.9. The van der Waals surface area contributed by atoms with Crippen molar-refractivity contribution in [1.82, 2.24) is 20.2 Å². The van der Waals surface area contributed by atoms with E-state index < -0.39 is 0 Å². The van der Waals surface area contributed by atoms with Crippen LogP contribution in [0.25, 0.3) is 0 Å². The molecule has 1 aliphatic rings. The molecule has 2 aromatic rings. The van der Waals surface area contributed by atoms with Crippen LogP contribution in [0.5, 0.6) is 0 Å². The number of aromatic nitrogens is 4. The number of nitrogen functional groups attached to an aromatic ring is 1. The zero-order valence-corrected chi connectivity index (χ0v) is 13.4. The fourth-order valence-corrected chi connectivity index (χ4v) is 3.62. The van der Waals surface area contributed by atoms with E-state index in [4.69, 9.17) is 5.73 Å². The number of rotatable bonds is 4. The molecule has 7 heteroatoms. The molecule has 3 rings (SSSR count). The average molecular weight is 354 g/mol. The number of benzene rings is 1. The van der Waals surface area contributed by atoms with E-state index in [1.807, 2.05) is 16.8 Å². The summed E-state index contributed by atoms with van der Waals surface area (Å²) in [5.74, 6) is 0.824. The average Bonchev–Trinajstić information content (AvgIpc) is 3.09. The van der Waals surface area contributed by atoms with Crippen LogP contribution < -0.4 is 5.73 Å². The molecule has 5 nitrogen and oxygen atoms in total. The molecule has 1 fully saturated rings. The summed E-state index contributed by atoms with van der Waals surface area (Å²) in [6.07, 6.45) is 4.92. The van der Waals surface area contributed by atoms with Crippen LogP contribution in [0.3, 0.4) is 0 Å². The highest BCUT2D eigenvalue weighted by atomic mass is 79.9. The molecule has 0 aliphatic heterocycles. The first-order valence-electron chi connectivity index (χ1n) is 6.68. The third-order valence-corrected chi connectivity index (χ3v) is 5.29. The maximum Gasteiger partial charge on any atom is 0.209 e. The van der Waals surface area contributed by atoms with Crippen molar-refractivity contribution in [3.05, 3.63) is 28.2 Å². The first-order chi connectivity index (χ1) is 9.74. The van der Waals surface area contributed by atoms with Crippen molar-refractivity contribution < 1.29 is 0 Å². The van der Waals surface area contributed by atoms with Gasteiger partial charge in [-0.05, 0) is 56.9 Å². The molecule has 1 aromatic heterocycles. The third-order valence-electron chi connectivity index (χ3n) is 3.56. The molecule has 1 aliphatic carbocycles. The van der Waals surface area contributed by atoms with E-state index in [-0.39, 0.29) is 0 Å². The Hall–Kier alpha value is -1.08. The standard InChI is InChI=1S/C13H16BrN5S/c14-11-6-5-9(7-12(11)15)8-20-13-16-17-18-19(13)10-3-1-2-4-10/h5-7,10H,1-4,8,15H2. The van der Waals surface area contributed by atoms with Gasteiger partial charge in [0.2, 0.25) is 5.16 Å². The minimum Gasteiger partial charge on any atom is -0.398 e. The van der Waals surface area contributed by atoms with Crippen molar-refractivity contribution in [3.8, 4) is 0 Å². The van der Waals surface area contributed by atoms with Crippen LogP contribution in [-0.2, 0) is 5.75 Å². The molecule has 0 bridgehead atoms.